The second kappa shape index (κ2) is 7.30. The minimum atomic E-state index is -3.24. The zero-order valence-corrected chi connectivity index (χ0v) is 15.4. The van der Waals surface area contributed by atoms with E-state index in [9.17, 15) is 8.42 Å². The molecule has 2 aromatic rings. The minimum absolute atomic E-state index is 0.217. The van der Waals surface area contributed by atoms with Gasteiger partial charge in [0.25, 0.3) is 0 Å². The number of ether oxygens (including phenoxy) is 1. The summed E-state index contributed by atoms with van der Waals surface area (Å²) in [5.41, 5.74) is 0. The summed E-state index contributed by atoms with van der Waals surface area (Å²) in [5.74, 6) is 0.920. The third-order valence-electron chi connectivity index (χ3n) is 3.87. The Bertz CT molecular complexity index is 784. The van der Waals surface area contributed by atoms with Gasteiger partial charge in [-0.1, -0.05) is 0 Å². The molecule has 0 aromatic carbocycles. The van der Waals surface area contributed by atoms with Gasteiger partial charge >= 0.3 is 0 Å². The van der Waals surface area contributed by atoms with Crippen molar-refractivity contribution in [3.63, 3.8) is 0 Å². The van der Waals surface area contributed by atoms with E-state index in [0.717, 1.165) is 12.8 Å². The van der Waals surface area contributed by atoms with Crippen molar-refractivity contribution in [1.29, 1.82) is 0 Å². The number of rotatable bonds is 6. The maximum absolute atomic E-state index is 11.7. The van der Waals surface area contributed by atoms with Gasteiger partial charge < -0.3 is 9.15 Å². The second-order valence-corrected chi connectivity index (χ2v) is 9.24. The first kappa shape index (κ1) is 17.5. The fraction of sp³-hybridized carbons (Fsp3) is 0.600. The van der Waals surface area contributed by atoms with E-state index in [4.69, 9.17) is 9.15 Å². The van der Waals surface area contributed by atoms with Crippen molar-refractivity contribution in [2.75, 3.05) is 26.0 Å². The Morgan fingerprint density at radius 2 is 2.17 bits per heavy atom. The van der Waals surface area contributed by atoms with Gasteiger partial charge in [-0.05, 0) is 31.9 Å². The summed E-state index contributed by atoms with van der Waals surface area (Å²) in [6, 6.07) is 4.27. The molecule has 3 rings (SSSR count). The molecule has 0 aliphatic carbocycles. The molecule has 1 unspecified atom stereocenters. The lowest BCUT2D eigenvalue weighted by molar-refractivity contribution is -0.0176. The summed E-state index contributed by atoms with van der Waals surface area (Å²) in [6.07, 6.45) is 3.32. The highest BCUT2D eigenvalue weighted by Crippen LogP contribution is 2.23. The van der Waals surface area contributed by atoms with E-state index in [0.29, 0.717) is 31.4 Å². The normalized spacial score (nSPS) is 19.7. The summed E-state index contributed by atoms with van der Waals surface area (Å²) in [7, 11) is -3.24. The Hall–Kier alpha value is -1.29. The Morgan fingerprint density at radius 1 is 1.33 bits per heavy atom. The molecule has 1 atom stereocenters. The minimum Gasteiger partial charge on any atom is -0.422 e. The third-order valence-corrected chi connectivity index (χ3v) is 6.20. The van der Waals surface area contributed by atoms with Crippen LogP contribution in [0.15, 0.2) is 16.5 Å². The molecular formula is C15H21N3O4S2. The zero-order valence-electron chi connectivity index (χ0n) is 13.8. The number of aryl methyl sites for hydroxylation is 3. The van der Waals surface area contributed by atoms with Gasteiger partial charge in [-0.15, -0.1) is 21.5 Å². The molecule has 9 heteroatoms. The predicted octanol–water partition coefficient (Wildman–Crippen LogP) is 1.95. The average molecular weight is 371 g/mol. The van der Waals surface area contributed by atoms with E-state index < -0.39 is 16.1 Å². The number of morpholine rings is 1. The zero-order chi connectivity index (χ0) is 17.2. The SMILES string of the molecule is Cc1ccc(CCCc2nnc(C3CN(S(C)(=O)=O)CCO3)o2)s1. The fourth-order valence-electron chi connectivity index (χ4n) is 2.61. The van der Waals surface area contributed by atoms with Crippen LogP contribution in [0.2, 0.25) is 0 Å². The molecule has 0 spiro atoms. The van der Waals surface area contributed by atoms with Crippen LogP contribution in [0.5, 0.6) is 0 Å². The van der Waals surface area contributed by atoms with Crippen molar-refractivity contribution >= 4 is 21.4 Å². The lowest BCUT2D eigenvalue weighted by Gasteiger charge is -2.29. The number of hydrogen-bond donors (Lipinski definition) is 0. The van der Waals surface area contributed by atoms with E-state index in [2.05, 4.69) is 29.3 Å². The lowest BCUT2D eigenvalue weighted by Crippen LogP contribution is -2.41. The van der Waals surface area contributed by atoms with Gasteiger partial charge in [-0.3, -0.25) is 0 Å². The molecule has 132 valence electrons. The topological polar surface area (TPSA) is 85.5 Å². The molecule has 1 aliphatic rings. The molecule has 1 aliphatic heterocycles. The summed E-state index contributed by atoms with van der Waals surface area (Å²) in [6.45, 7) is 3.00. The van der Waals surface area contributed by atoms with Gasteiger partial charge in [0, 0.05) is 29.3 Å². The van der Waals surface area contributed by atoms with Crippen molar-refractivity contribution in [1.82, 2.24) is 14.5 Å². The first-order valence-electron chi connectivity index (χ1n) is 7.86. The van der Waals surface area contributed by atoms with E-state index in [1.165, 1.54) is 20.3 Å². The van der Waals surface area contributed by atoms with Crippen LogP contribution in [-0.2, 0) is 27.6 Å². The highest BCUT2D eigenvalue weighted by Gasteiger charge is 2.30. The summed E-state index contributed by atoms with van der Waals surface area (Å²) >= 11 is 1.80. The van der Waals surface area contributed by atoms with Crippen LogP contribution < -0.4 is 0 Å². The smallest absolute Gasteiger partial charge is 0.246 e. The van der Waals surface area contributed by atoms with Crippen LogP contribution in [0, 0.1) is 6.92 Å². The van der Waals surface area contributed by atoms with Gasteiger partial charge in [-0.25, -0.2) is 8.42 Å². The quantitative estimate of drug-likeness (QED) is 0.771. The van der Waals surface area contributed by atoms with Crippen molar-refractivity contribution in [3.05, 3.63) is 33.7 Å². The van der Waals surface area contributed by atoms with Gasteiger partial charge in [0.05, 0.1) is 12.9 Å². The van der Waals surface area contributed by atoms with Gasteiger partial charge in [0.15, 0.2) is 0 Å². The predicted molar refractivity (Wildman–Crippen MR) is 90.5 cm³/mol. The molecule has 7 nitrogen and oxygen atoms in total. The number of nitrogens with zero attached hydrogens (tertiary/aromatic N) is 3. The number of thiophene rings is 1. The largest absolute Gasteiger partial charge is 0.422 e. The molecule has 1 saturated heterocycles. The van der Waals surface area contributed by atoms with Crippen molar-refractivity contribution < 1.29 is 17.6 Å². The summed E-state index contributed by atoms with van der Waals surface area (Å²) < 4.78 is 35.9. The Labute approximate surface area is 145 Å². The van der Waals surface area contributed by atoms with Crippen LogP contribution in [-0.4, -0.2) is 48.9 Å². The van der Waals surface area contributed by atoms with Crippen LogP contribution in [0.4, 0.5) is 0 Å². The number of sulfonamides is 1. The molecule has 0 N–H and O–H groups in total. The van der Waals surface area contributed by atoms with Gasteiger partial charge in [0.1, 0.15) is 6.10 Å². The van der Waals surface area contributed by atoms with Gasteiger partial charge in [-0.2, -0.15) is 4.31 Å². The van der Waals surface area contributed by atoms with Gasteiger partial charge in [0.2, 0.25) is 21.8 Å². The maximum Gasteiger partial charge on any atom is 0.246 e. The Kier molecular flexibility index (Phi) is 5.33. The third kappa shape index (κ3) is 4.41. The molecule has 0 bridgehead atoms. The Balaban J connectivity index is 1.55. The highest BCUT2D eigenvalue weighted by atomic mass is 32.2. The summed E-state index contributed by atoms with van der Waals surface area (Å²) in [4.78, 5) is 2.67. The van der Waals surface area contributed by atoms with Crippen LogP contribution in [0.25, 0.3) is 0 Å². The molecule has 2 aromatic heterocycles. The highest BCUT2D eigenvalue weighted by molar-refractivity contribution is 7.88. The summed E-state index contributed by atoms with van der Waals surface area (Å²) in [5, 5.41) is 8.08. The molecule has 0 radical (unpaired) electrons. The van der Waals surface area contributed by atoms with Crippen molar-refractivity contribution in [2.24, 2.45) is 0 Å². The maximum atomic E-state index is 11.7. The van der Waals surface area contributed by atoms with E-state index >= 15 is 0 Å². The van der Waals surface area contributed by atoms with Crippen molar-refractivity contribution in [2.45, 2.75) is 32.3 Å². The molecule has 0 amide bonds. The molecule has 0 saturated carbocycles. The van der Waals surface area contributed by atoms with Crippen LogP contribution >= 0.6 is 11.3 Å². The van der Waals surface area contributed by atoms with Crippen LogP contribution in [0.3, 0.4) is 0 Å². The lowest BCUT2D eigenvalue weighted by atomic mass is 10.2. The number of aromatic nitrogens is 2. The first-order valence-corrected chi connectivity index (χ1v) is 10.5. The fourth-order valence-corrected chi connectivity index (χ4v) is 4.35. The molecule has 3 heterocycles. The van der Waals surface area contributed by atoms with E-state index in [-0.39, 0.29) is 6.54 Å². The molecule has 24 heavy (non-hydrogen) atoms. The Morgan fingerprint density at radius 3 is 2.88 bits per heavy atom. The monoisotopic (exact) mass is 371 g/mol. The molecular weight excluding hydrogens is 350 g/mol. The molecule has 1 fully saturated rings. The van der Waals surface area contributed by atoms with Crippen molar-refractivity contribution in [3.8, 4) is 0 Å². The second-order valence-electron chi connectivity index (χ2n) is 5.88. The first-order chi connectivity index (χ1) is 11.4. The number of hydrogen-bond acceptors (Lipinski definition) is 7. The standard InChI is InChI=1S/C15H21N3O4S2/c1-11-6-7-12(23-11)4-3-5-14-16-17-15(22-14)13-10-18(8-9-21-13)24(2,19)20/h6-7,13H,3-5,8-10H2,1-2H3. The van der Waals surface area contributed by atoms with E-state index in [1.54, 1.807) is 11.3 Å². The average Bonchev–Trinajstić information content (AvgIpc) is 3.16. The van der Waals surface area contributed by atoms with E-state index in [1.807, 2.05) is 0 Å². The van der Waals surface area contributed by atoms with Crippen LogP contribution in [0.1, 0.15) is 34.1 Å².